The van der Waals surface area contributed by atoms with Crippen LogP contribution >= 0.6 is 12.4 Å². The maximum absolute atomic E-state index is 13.3. The van der Waals surface area contributed by atoms with Crippen molar-refractivity contribution in [2.24, 2.45) is 5.92 Å². The van der Waals surface area contributed by atoms with Gasteiger partial charge in [0.25, 0.3) is 5.91 Å². The predicted octanol–water partition coefficient (Wildman–Crippen LogP) is 1.82. The first-order valence-corrected chi connectivity index (χ1v) is 9.09. The number of nitrogens with one attached hydrogen (secondary N) is 1. The van der Waals surface area contributed by atoms with Crippen LogP contribution in [0.3, 0.4) is 0 Å². The van der Waals surface area contributed by atoms with E-state index in [4.69, 9.17) is 0 Å². The fourth-order valence-corrected chi connectivity index (χ4v) is 3.82. The van der Waals surface area contributed by atoms with Gasteiger partial charge >= 0.3 is 6.03 Å². The van der Waals surface area contributed by atoms with Crippen molar-refractivity contribution in [3.8, 4) is 0 Å². The van der Waals surface area contributed by atoms with Gasteiger partial charge in [0.05, 0.1) is 6.54 Å². The quantitative estimate of drug-likeness (QED) is 0.783. The molecule has 0 aromatic carbocycles. The lowest BCUT2D eigenvalue weighted by Crippen LogP contribution is -2.56. The zero-order chi connectivity index (χ0) is 18.2. The van der Waals surface area contributed by atoms with Gasteiger partial charge in [0.1, 0.15) is 11.9 Å². The molecule has 8 nitrogen and oxygen atoms in total. The number of urea groups is 1. The number of aromatic nitrogens is 3. The van der Waals surface area contributed by atoms with E-state index in [2.05, 4.69) is 29.4 Å². The topological polar surface area (TPSA) is 83.4 Å². The number of imide groups is 1. The van der Waals surface area contributed by atoms with E-state index in [1.165, 1.54) is 4.90 Å². The Morgan fingerprint density at radius 2 is 1.85 bits per heavy atom. The van der Waals surface area contributed by atoms with E-state index < -0.39 is 5.54 Å². The molecule has 1 N–H and O–H groups in total. The monoisotopic (exact) mass is 384 g/mol. The third-order valence-electron chi connectivity index (χ3n) is 5.10. The second-order valence-electron chi connectivity index (χ2n) is 7.71. The Morgan fingerprint density at radius 1 is 1.19 bits per heavy atom. The number of hydrogen-bond donors (Lipinski definition) is 1. The van der Waals surface area contributed by atoms with E-state index in [0.717, 1.165) is 13.1 Å². The maximum Gasteiger partial charge on any atom is 0.328 e. The highest BCUT2D eigenvalue weighted by Gasteiger charge is 2.57. The van der Waals surface area contributed by atoms with E-state index in [1.54, 1.807) is 11.2 Å². The molecule has 146 valence electrons. The molecule has 26 heavy (non-hydrogen) atoms. The molecule has 0 unspecified atom stereocenters. The summed E-state index contributed by atoms with van der Waals surface area (Å²) in [6.45, 7) is 10.5. The van der Waals surface area contributed by atoms with Crippen molar-refractivity contribution in [2.45, 2.75) is 58.7 Å². The summed E-state index contributed by atoms with van der Waals surface area (Å²) in [5.74, 6) is 0.868. The number of piperidine rings is 1. The number of hydrogen-bond acceptors (Lipinski definition) is 5. The SMILES string of the molecule is CC(C)CN1C(=O)N(Cc2nncn2C(C)C)C(=O)C12CCNCC2.Cl. The van der Waals surface area contributed by atoms with Gasteiger partial charge in [0.2, 0.25) is 0 Å². The summed E-state index contributed by atoms with van der Waals surface area (Å²) in [7, 11) is 0. The summed E-state index contributed by atoms with van der Waals surface area (Å²) >= 11 is 0. The molecule has 2 aliphatic heterocycles. The van der Waals surface area contributed by atoms with Crippen LogP contribution < -0.4 is 5.32 Å². The van der Waals surface area contributed by atoms with Gasteiger partial charge in [-0.3, -0.25) is 9.69 Å². The van der Waals surface area contributed by atoms with E-state index in [1.807, 2.05) is 18.4 Å². The first-order valence-electron chi connectivity index (χ1n) is 9.09. The van der Waals surface area contributed by atoms with Crippen molar-refractivity contribution in [1.29, 1.82) is 0 Å². The van der Waals surface area contributed by atoms with Crippen molar-refractivity contribution in [3.05, 3.63) is 12.2 Å². The highest BCUT2D eigenvalue weighted by Crippen LogP contribution is 2.36. The Bertz CT molecular complexity index is 653. The van der Waals surface area contributed by atoms with Gasteiger partial charge < -0.3 is 14.8 Å². The number of rotatable bonds is 5. The van der Waals surface area contributed by atoms with E-state index >= 15 is 0 Å². The number of amides is 3. The van der Waals surface area contributed by atoms with Gasteiger partial charge in [-0.2, -0.15) is 0 Å². The molecule has 3 amide bonds. The number of halogens is 1. The molecule has 2 aliphatic rings. The van der Waals surface area contributed by atoms with Crippen molar-refractivity contribution in [2.75, 3.05) is 19.6 Å². The summed E-state index contributed by atoms with van der Waals surface area (Å²) in [6.07, 6.45) is 2.98. The number of carbonyl (C=O) groups excluding carboxylic acids is 2. The van der Waals surface area contributed by atoms with Crippen LogP contribution in [0.2, 0.25) is 0 Å². The number of carbonyl (C=O) groups is 2. The minimum Gasteiger partial charge on any atom is -0.317 e. The molecule has 2 fully saturated rings. The Morgan fingerprint density at radius 3 is 2.42 bits per heavy atom. The van der Waals surface area contributed by atoms with Crippen LogP contribution in [-0.4, -0.2) is 61.7 Å². The van der Waals surface area contributed by atoms with E-state index in [-0.39, 0.29) is 36.9 Å². The molecule has 0 aliphatic carbocycles. The summed E-state index contributed by atoms with van der Waals surface area (Å²) in [6, 6.07) is -0.0173. The number of nitrogens with zero attached hydrogens (tertiary/aromatic N) is 5. The van der Waals surface area contributed by atoms with Gasteiger partial charge in [0, 0.05) is 12.6 Å². The summed E-state index contributed by atoms with van der Waals surface area (Å²) in [5, 5.41) is 11.4. The van der Waals surface area contributed by atoms with Crippen LogP contribution in [0, 0.1) is 5.92 Å². The van der Waals surface area contributed by atoms with Crippen molar-refractivity contribution >= 4 is 24.3 Å². The molecule has 1 aromatic rings. The van der Waals surface area contributed by atoms with Gasteiger partial charge in [-0.05, 0) is 45.7 Å². The third-order valence-corrected chi connectivity index (χ3v) is 5.10. The molecule has 1 spiro atoms. The van der Waals surface area contributed by atoms with Crippen molar-refractivity contribution in [1.82, 2.24) is 29.9 Å². The largest absolute Gasteiger partial charge is 0.328 e. The van der Waals surface area contributed by atoms with Gasteiger partial charge in [-0.1, -0.05) is 13.8 Å². The lowest BCUT2D eigenvalue weighted by molar-refractivity contribution is -0.135. The first kappa shape index (κ1) is 20.6. The van der Waals surface area contributed by atoms with Crippen molar-refractivity contribution in [3.63, 3.8) is 0 Å². The Labute approximate surface area is 160 Å². The average molecular weight is 385 g/mol. The zero-order valence-electron chi connectivity index (χ0n) is 15.9. The fraction of sp³-hybridized carbons (Fsp3) is 0.765. The molecule has 9 heteroatoms. The highest BCUT2D eigenvalue weighted by atomic mass is 35.5. The normalized spacial score (nSPS) is 19.8. The first-order chi connectivity index (χ1) is 11.9. The molecule has 3 heterocycles. The lowest BCUT2D eigenvalue weighted by Gasteiger charge is -2.39. The predicted molar refractivity (Wildman–Crippen MR) is 100.0 cm³/mol. The van der Waals surface area contributed by atoms with Gasteiger partial charge in [-0.25, -0.2) is 4.79 Å². The summed E-state index contributed by atoms with van der Waals surface area (Å²) < 4.78 is 1.90. The third kappa shape index (κ3) is 3.44. The standard InChI is InChI=1S/C17H28N6O2.ClH/c1-12(2)9-23-16(25)21(10-14-20-19-11-22(14)13(3)4)15(24)17(23)5-7-18-8-6-17;/h11-13,18H,5-10H2,1-4H3;1H. The fourth-order valence-electron chi connectivity index (χ4n) is 3.82. The molecule has 0 radical (unpaired) electrons. The van der Waals surface area contributed by atoms with Crippen LogP contribution in [0.1, 0.15) is 52.4 Å². The van der Waals surface area contributed by atoms with Crippen LogP contribution in [0.15, 0.2) is 6.33 Å². The summed E-state index contributed by atoms with van der Waals surface area (Å²) in [5.41, 5.74) is -0.699. The minimum atomic E-state index is -0.699. The Kier molecular flexibility index (Phi) is 6.29. The van der Waals surface area contributed by atoms with Crippen LogP contribution in [0.25, 0.3) is 0 Å². The lowest BCUT2D eigenvalue weighted by atomic mass is 9.86. The molecule has 0 bridgehead atoms. The Balaban J connectivity index is 0.00000243. The van der Waals surface area contributed by atoms with Gasteiger partial charge in [0.15, 0.2) is 5.82 Å². The van der Waals surface area contributed by atoms with Gasteiger partial charge in [-0.15, -0.1) is 22.6 Å². The zero-order valence-corrected chi connectivity index (χ0v) is 16.8. The molecule has 3 rings (SSSR count). The van der Waals surface area contributed by atoms with Crippen molar-refractivity contribution < 1.29 is 9.59 Å². The molecule has 2 saturated heterocycles. The second-order valence-corrected chi connectivity index (χ2v) is 7.71. The summed E-state index contributed by atoms with van der Waals surface area (Å²) in [4.78, 5) is 29.5. The molecule has 0 atom stereocenters. The Hall–Kier alpha value is -1.67. The van der Waals surface area contributed by atoms with E-state index in [0.29, 0.717) is 31.1 Å². The smallest absolute Gasteiger partial charge is 0.317 e. The molecule has 0 saturated carbocycles. The molecular weight excluding hydrogens is 356 g/mol. The van der Waals surface area contributed by atoms with E-state index in [9.17, 15) is 9.59 Å². The average Bonchev–Trinajstić information content (AvgIpc) is 3.10. The maximum atomic E-state index is 13.3. The van der Waals surface area contributed by atoms with Crippen LogP contribution in [-0.2, 0) is 11.3 Å². The van der Waals surface area contributed by atoms with Crippen LogP contribution in [0.5, 0.6) is 0 Å². The highest BCUT2D eigenvalue weighted by molar-refractivity contribution is 6.07. The molecule has 1 aromatic heterocycles. The molecular formula is C17H29ClN6O2. The minimum absolute atomic E-state index is 0. The second kappa shape index (κ2) is 7.92. The van der Waals surface area contributed by atoms with Crippen LogP contribution in [0.4, 0.5) is 4.79 Å².